The Hall–Kier alpha value is -2.07. The first-order valence-corrected chi connectivity index (χ1v) is 20.8. The van der Waals surface area contributed by atoms with Gasteiger partial charge in [0.15, 0.2) is 0 Å². The van der Waals surface area contributed by atoms with Gasteiger partial charge >= 0.3 is 49.9 Å². The third kappa shape index (κ3) is 16.2. The molecule has 0 N–H and O–H groups in total. The predicted molar refractivity (Wildman–Crippen MR) is 207 cm³/mol. The van der Waals surface area contributed by atoms with Gasteiger partial charge in [-0.1, -0.05) is 105 Å². The summed E-state index contributed by atoms with van der Waals surface area (Å²) >= 11 is 0.899. The van der Waals surface area contributed by atoms with Crippen molar-refractivity contribution in [2.75, 3.05) is 13.2 Å². The molecule has 2 aromatic rings. The molecule has 0 atom stereocenters. The Morgan fingerprint density at radius 1 is 0.490 bits per heavy atom. The summed E-state index contributed by atoms with van der Waals surface area (Å²) in [5.41, 5.74) is 23.2. The molecule has 0 saturated heterocycles. The van der Waals surface area contributed by atoms with Crippen molar-refractivity contribution in [3.05, 3.63) is 87.0 Å². The van der Waals surface area contributed by atoms with Crippen molar-refractivity contribution < 1.29 is 27.5 Å². The van der Waals surface area contributed by atoms with Crippen LogP contribution in [0.1, 0.15) is 178 Å². The third-order valence-electron chi connectivity index (χ3n) is 9.06. The third-order valence-corrected chi connectivity index (χ3v) is 9.87. The molecule has 0 radical (unpaired) electrons. The van der Waals surface area contributed by atoms with Crippen molar-refractivity contribution in [2.24, 2.45) is 0 Å². The average molecular weight is 718 g/mol. The number of unbranched alkanes of at least 4 members (excludes halogenated alkanes) is 9. The molecule has 0 bridgehead atoms. The number of rotatable bonds is 25. The van der Waals surface area contributed by atoms with Crippen LogP contribution in [-0.4, -0.2) is 17.9 Å². The second-order valence-electron chi connectivity index (χ2n) is 13.5. The van der Waals surface area contributed by atoms with E-state index in [0.717, 1.165) is 71.4 Å². The average Bonchev–Trinajstić information content (AvgIpc) is 3.45. The second kappa shape index (κ2) is 26.7. The molecular weight excluding hydrogens is 647 g/mol. The molecule has 0 saturated carbocycles. The molecule has 0 unspecified atom stereocenters. The van der Waals surface area contributed by atoms with E-state index in [1.54, 1.807) is 4.70 Å². The van der Waals surface area contributed by atoms with Crippen molar-refractivity contribution in [3.8, 4) is 0 Å². The van der Waals surface area contributed by atoms with E-state index in [1.807, 2.05) is 13.8 Å². The molecule has 0 aliphatic carbocycles. The first-order valence-electron chi connectivity index (χ1n) is 20.0. The van der Waals surface area contributed by atoms with E-state index < -0.39 is 0 Å². The van der Waals surface area contributed by atoms with E-state index in [1.165, 1.54) is 116 Å². The van der Waals surface area contributed by atoms with E-state index in [9.17, 15) is 5.53 Å². The van der Waals surface area contributed by atoms with Crippen LogP contribution in [0.15, 0.2) is 48.0 Å². The normalized spacial score (nSPS) is 12.9. The van der Waals surface area contributed by atoms with Gasteiger partial charge in [0, 0.05) is 22.8 Å². The number of hydrogen-bond acceptors (Lipinski definition) is 2. The molecule has 2 aromatic carbocycles. The van der Waals surface area contributed by atoms with Crippen LogP contribution in [0.3, 0.4) is 0 Å². The summed E-state index contributed by atoms with van der Waals surface area (Å²) in [4.78, 5) is 0. The summed E-state index contributed by atoms with van der Waals surface area (Å²) in [6.07, 6.45) is 25.1. The molecule has 4 nitrogen and oxygen atoms in total. The van der Waals surface area contributed by atoms with Gasteiger partial charge < -0.3 is 5.53 Å². The van der Waals surface area contributed by atoms with Crippen LogP contribution >= 0.6 is 0 Å². The van der Waals surface area contributed by atoms with Crippen molar-refractivity contribution in [1.29, 1.82) is 0 Å². The summed E-state index contributed by atoms with van der Waals surface area (Å²) in [6, 6.07) is 14.3. The summed E-state index contributed by atoms with van der Waals surface area (Å²) in [5.74, 6) is 0. The van der Waals surface area contributed by atoms with Gasteiger partial charge in [-0.15, -0.1) is 0 Å². The Kier molecular flexibility index (Phi) is 23.5. The van der Waals surface area contributed by atoms with Gasteiger partial charge in [-0.2, -0.15) is 0 Å². The van der Waals surface area contributed by atoms with Crippen LogP contribution in [0, 0.1) is 0 Å². The molecule has 3 rings (SSSR count). The zero-order chi connectivity index (χ0) is 35.7. The Morgan fingerprint density at radius 3 is 1.33 bits per heavy atom. The fourth-order valence-corrected chi connectivity index (χ4v) is 6.70. The van der Waals surface area contributed by atoms with E-state index in [-0.39, 0.29) is 0 Å². The van der Waals surface area contributed by atoms with Crippen LogP contribution < -0.4 is 0 Å². The zero-order valence-corrected chi connectivity index (χ0v) is 33.4. The van der Waals surface area contributed by atoms with Crippen LogP contribution in [0.2, 0.25) is 0 Å². The van der Waals surface area contributed by atoms with Gasteiger partial charge in [0.05, 0.1) is 0 Å². The topological polar surface area (TPSA) is 43.8 Å². The minimum atomic E-state index is 0.708. The van der Waals surface area contributed by atoms with Crippen LogP contribution in [0.5, 0.6) is 0 Å². The Labute approximate surface area is 308 Å². The van der Waals surface area contributed by atoms with Crippen molar-refractivity contribution in [2.45, 2.75) is 170 Å². The fraction of sp³-hybridized carbons (Fsp3) is 0.636. The van der Waals surface area contributed by atoms with Crippen LogP contribution in [0.4, 0.5) is 0 Å². The van der Waals surface area contributed by atoms with Gasteiger partial charge in [0.1, 0.15) is 0 Å². The Balaban J connectivity index is 0.00000107. The predicted octanol–water partition coefficient (Wildman–Crippen LogP) is 13.6. The van der Waals surface area contributed by atoms with Gasteiger partial charge in [0.2, 0.25) is 11.4 Å². The first-order chi connectivity index (χ1) is 24.0. The molecule has 49 heavy (non-hydrogen) atoms. The van der Waals surface area contributed by atoms with Crippen molar-refractivity contribution in [3.63, 3.8) is 0 Å². The number of nitrogens with zero attached hydrogens (tertiary/aromatic N) is 2. The number of benzene rings is 2. The number of aryl methyl sites for hydroxylation is 4. The summed E-state index contributed by atoms with van der Waals surface area (Å²) in [7, 11) is 0. The maximum atomic E-state index is 11.9. The Morgan fingerprint density at radius 2 is 0.898 bits per heavy atom. The second-order valence-corrected chi connectivity index (χ2v) is 14.3. The van der Waals surface area contributed by atoms with E-state index in [0.29, 0.717) is 13.2 Å². The molecule has 1 heterocycles. The van der Waals surface area contributed by atoms with Gasteiger partial charge in [-0.25, -0.2) is 4.70 Å². The molecule has 5 heteroatoms. The SMILES string of the molecule is CCCCCCc1cc(CCCCCC)cc(C2=CC(CCCC)=C(c3cc(CCCC)cc(CCCC)c3)[N+]2=[N-])c1.CC[O][Ni][O]CC. The molecule has 0 fully saturated rings. The van der Waals surface area contributed by atoms with Crippen molar-refractivity contribution >= 4 is 11.4 Å². The summed E-state index contributed by atoms with van der Waals surface area (Å²) < 4.78 is 11.1. The Bertz CT molecular complexity index is 1220. The van der Waals surface area contributed by atoms with Crippen LogP contribution in [-0.2, 0) is 48.5 Å². The first kappa shape index (κ1) is 43.1. The number of allylic oxidation sites excluding steroid dienone is 2. The molecule has 278 valence electrons. The van der Waals surface area contributed by atoms with E-state index in [4.69, 9.17) is 7.76 Å². The van der Waals surface area contributed by atoms with Gasteiger partial charge in [-0.3, -0.25) is 0 Å². The molecule has 1 aliphatic rings. The fourth-order valence-electron chi connectivity index (χ4n) is 6.38. The summed E-state index contributed by atoms with van der Waals surface area (Å²) in [6.45, 7) is 16.6. The maximum absolute atomic E-state index is 11.9. The molecule has 1 aliphatic heterocycles. The minimum absolute atomic E-state index is 0.708. The monoisotopic (exact) mass is 716 g/mol. The van der Waals surface area contributed by atoms with E-state index >= 15 is 0 Å². The standard InChI is InChI=1S/C40H60N2.2C2H5O.Ni/c1-6-11-16-18-22-34-26-35(23-19-17-12-7-2)28-37(27-34)39-31-36(24-15-10-5)40(42(39)41)38-29-32(20-13-8-3)25-33(30-38)21-14-9-4;2*1-2-3;/h25-31H,6-24H2,1-5H3;2*2H2,1H3;/q;2*-1;+2. The van der Waals surface area contributed by atoms with Gasteiger partial charge in [-0.05, 0) is 111 Å². The molecule has 0 amide bonds. The molecule has 0 aromatic heterocycles. The van der Waals surface area contributed by atoms with E-state index in [2.05, 4.69) is 77.1 Å². The van der Waals surface area contributed by atoms with Gasteiger partial charge in [0.25, 0.3) is 0 Å². The molecular formula is C44H70N2NiO2. The number of hydrogen-bond donors (Lipinski definition) is 0. The van der Waals surface area contributed by atoms with Crippen LogP contribution in [0.25, 0.3) is 16.9 Å². The quantitative estimate of drug-likeness (QED) is 0.0583. The zero-order valence-electron chi connectivity index (χ0n) is 32.4. The summed E-state index contributed by atoms with van der Waals surface area (Å²) in [5, 5.41) is 0. The van der Waals surface area contributed by atoms with Crippen molar-refractivity contribution in [1.82, 2.24) is 0 Å². The molecule has 0 spiro atoms.